The normalized spacial score (nSPS) is 12.5. The molecule has 0 spiro atoms. The number of furan rings is 1. The Hall–Kier alpha value is -3.32. The summed E-state index contributed by atoms with van der Waals surface area (Å²) >= 11 is 0. The van der Waals surface area contributed by atoms with Crippen LogP contribution in [0.1, 0.15) is 11.1 Å². The van der Waals surface area contributed by atoms with Gasteiger partial charge in [-0.3, -0.25) is 0 Å². The first-order chi connectivity index (χ1) is 12.9. The molecule has 1 aliphatic carbocycles. The molecule has 0 saturated heterocycles. The largest absolute Gasteiger partial charge is 0.455 e. The van der Waals surface area contributed by atoms with Gasteiger partial charge in [0.1, 0.15) is 11.2 Å². The molecular formula is C25H16O. The summed E-state index contributed by atoms with van der Waals surface area (Å²) in [5.41, 5.74) is 9.86. The van der Waals surface area contributed by atoms with Crippen molar-refractivity contribution in [3.8, 4) is 22.3 Å². The summed E-state index contributed by atoms with van der Waals surface area (Å²) in [5.74, 6) is 0. The first-order valence-corrected chi connectivity index (χ1v) is 9.00. The molecule has 1 heterocycles. The molecule has 0 atom stereocenters. The standard InChI is InChI=1S/C25H16O/c1-2-7-19-16(6-1)14-18-15-17(12-13-20(18)19)21-9-5-10-23-22-8-3-4-11-24(22)26-25(21)23/h1-13,15H,14H2. The van der Waals surface area contributed by atoms with Gasteiger partial charge in [0, 0.05) is 16.3 Å². The van der Waals surface area contributed by atoms with Crippen LogP contribution >= 0.6 is 0 Å². The molecule has 6 rings (SSSR count). The summed E-state index contributed by atoms with van der Waals surface area (Å²) in [6.07, 6.45) is 1.01. The van der Waals surface area contributed by atoms with Crippen molar-refractivity contribution in [2.75, 3.05) is 0 Å². The molecule has 0 saturated carbocycles. The lowest BCUT2D eigenvalue weighted by molar-refractivity contribution is 0.670. The number of hydrogen-bond acceptors (Lipinski definition) is 1. The Morgan fingerprint density at radius 1 is 0.577 bits per heavy atom. The van der Waals surface area contributed by atoms with Crippen molar-refractivity contribution in [3.05, 3.63) is 96.1 Å². The van der Waals surface area contributed by atoms with E-state index >= 15 is 0 Å². The maximum absolute atomic E-state index is 6.22. The van der Waals surface area contributed by atoms with Crippen molar-refractivity contribution in [3.63, 3.8) is 0 Å². The molecular weight excluding hydrogens is 316 g/mol. The highest BCUT2D eigenvalue weighted by Crippen LogP contribution is 2.40. The number of rotatable bonds is 1. The smallest absolute Gasteiger partial charge is 0.143 e. The monoisotopic (exact) mass is 332 g/mol. The van der Waals surface area contributed by atoms with Crippen molar-refractivity contribution in [1.29, 1.82) is 0 Å². The molecule has 1 aromatic heterocycles. The first kappa shape index (κ1) is 13.9. The van der Waals surface area contributed by atoms with Gasteiger partial charge in [0.25, 0.3) is 0 Å². The second kappa shape index (κ2) is 5.09. The molecule has 0 bridgehead atoms. The molecule has 1 heteroatoms. The molecule has 0 amide bonds. The predicted octanol–water partition coefficient (Wildman–Crippen LogP) is 6.82. The molecule has 1 aliphatic rings. The molecule has 0 fully saturated rings. The minimum absolute atomic E-state index is 0.948. The van der Waals surface area contributed by atoms with E-state index in [1.807, 2.05) is 12.1 Å². The van der Waals surface area contributed by atoms with E-state index < -0.39 is 0 Å². The van der Waals surface area contributed by atoms with Crippen LogP contribution in [-0.4, -0.2) is 0 Å². The van der Waals surface area contributed by atoms with Gasteiger partial charge in [-0.25, -0.2) is 0 Å². The third-order valence-corrected chi connectivity index (χ3v) is 5.51. The molecule has 5 aromatic rings. The van der Waals surface area contributed by atoms with Gasteiger partial charge < -0.3 is 4.42 Å². The first-order valence-electron chi connectivity index (χ1n) is 9.00. The van der Waals surface area contributed by atoms with Crippen molar-refractivity contribution in [2.45, 2.75) is 6.42 Å². The second-order valence-corrected chi connectivity index (χ2v) is 6.99. The fraction of sp³-hybridized carbons (Fsp3) is 0.0400. The second-order valence-electron chi connectivity index (χ2n) is 6.99. The van der Waals surface area contributed by atoms with E-state index in [1.165, 1.54) is 38.6 Å². The highest BCUT2D eigenvalue weighted by Gasteiger charge is 2.19. The molecule has 26 heavy (non-hydrogen) atoms. The van der Waals surface area contributed by atoms with Crippen LogP contribution in [0.3, 0.4) is 0 Å². The summed E-state index contributed by atoms with van der Waals surface area (Å²) in [7, 11) is 0. The minimum atomic E-state index is 0.948. The Labute approximate surface area is 151 Å². The van der Waals surface area contributed by atoms with Crippen molar-refractivity contribution >= 4 is 21.9 Å². The SMILES string of the molecule is c1ccc2c(c1)Cc1cc(-c3cccc4c3oc3ccccc34)ccc1-2. The third kappa shape index (κ3) is 1.86. The van der Waals surface area contributed by atoms with Crippen molar-refractivity contribution in [1.82, 2.24) is 0 Å². The van der Waals surface area contributed by atoms with E-state index in [0.29, 0.717) is 0 Å². The molecule has 0 radical (unpaired) electrons. The summed E-state index contributed by atoms with van der Waals surface area (Å²) in [4.78, 5) is 0. The van der Waals surface area contributed by atoms with Crippen LogP contribution in [0.2, 0.25) is 0 Å². The number of fused-ring (bicyclic) bond motifs is 6. The van der Waals surface area contributed by atoms with E-state index in [-0.39, 0.29) is 0 Å². The van der Waals surface area contributed by atoms with Crippen LogP contribution in [0.25, 0.3) is 44.2 Å². The quantitative estimate of drug-likeness (QED) is 0.322. The van der Waals surface area contributed by atoms with E-state index in [2.05, 4.69) is 72.8 Å². The Bertz CT molecular complexity index is 1310. The van der Waals surface area contributed by atoms with Gasteiger partial charge in [0.05, 0.1) is 0 Å². The predicted molar refractivity (Wildman–Crippen MR) is 107 cm³/mol. The third-order valence-electron chi connectivity index (χ3n) is 5.51. The van der Waals surface area contributed by atoms with Crippen molar-refractivity contribution < 1.29 is 4.42 Å². The van der Waals surface area contributed by atoms with Gasteiger partial charge in [0.15, 0.2) is 0 Å². The van der Waals surface area contributed by atoms with Crippen LogP contribution in [-0.2, 0) is 6.42 Å². The zero-order valence-corrected chi connectivity index (χ0v) is 14.2. The summed E-state index contributed by atoms with van der Waals surface area (Å²) in [6, 6.07) is 30.2. The Balaban J connectivity index is 1.57. The lowest BCUT2D eigenvalue weighted by atomic mass is 9.98. The maximum atomic E-state index is 6.22. The Kier molecular flexibility index (Phi) is 2.72. The number of hydrogen-bond donors (Lipinski definition) is 0. The Morgan fingerprint density at radius 2 is 1.35 bits per heavy atom. The molecule has 0 unspecified atom stereocenters. The van der Waals surface area contributed by atoms with E-state index in [1.54, 1.807) is 0 Å². The van der Waals surface area contributed by atoms with Crippen LogP contribution in [0.15, 0.2) is 89.3 Å². The zero-order chi connectivity index (χ0) is 17.1. The highest BCUT2D eigenvalue weighted by molar-refractivity contribution is 6.09. The van der Waals surface area contributed by atoms with Gasteiger partial charge in [-0.1, -0.05) is 78.9 Å². The molecule has 0 N–H and O–H groups in total. The minimum Gasteiger partial charge on any atom is -0.455 e. The van der Waals surface area contributed by atoms with Crippen LogP contribution < -0.4 is 0 Å². The Morgan fingerprint density at radius 3 is 2.35 bits per heavy atom. The lowest BCUT2D eigenvalue weighted by Crippen LogP contribution is -1.84. The van der Waals surface area contributed by atoms with E-state index in [0.717, 1.165) is 23.2 Å². The van der Waals surface area contributed by atoms with Gasteiger partial charge in [-0.15, -0.1) is 0 Å². The zero-order valence-electron chi connectivity index (χ0n) is 14.2. The average Bonchev–Trinajstić information content (AvgIpc) is 3.25. The van der Waals surface area contributed by atoms with Gasteiger partial charge in [-0.05, 0) is 40.3 Å². The molecule has 122 valence electrons. The van der Waals surface area contributed by atoms with E-state index in [9.17, 15) is 0 Å². The van der Waals surface area contributed by atoms with E-state index in [4.69, 9.17) is 4.42 Å². The fourth-order valence-electron chi connectivity index (χ4n) is 4.29. The lowest BCUT2D eigenvalue weighted by Gasteiger charge is -2.06. The van der Waals surface area contributed by atoms with Crippen molar-refractivity contribution in [2.24, 2.45) is 0 Å². The van der Waals surface area contributed by atoms with Crippen LogP contribution in [0.4, 0.5) is 0 Å². The fourth-order valence-corrected chi connectivity index (χ4v) is 4.29. The molecule has 4 aromatic carbocycles. The number of benzene rings is 4. The maximum Gasteiger partial charge on any atom is 0.143 e. The topological polar surface area (TPSA) is 13.1 Å². The highest BCUT2D eigenvalue weighted by atomic mass is 16.3. The molecule has 0 aliphatic heterocycles. The number of para-hydroxylation sites is 2. The van der Waals surface area contributed by atoms with Gasteiger partial charge >= 0.3 is 0 Å². The van der Waals surface area contributed by atoms with Crippen LogP contribution in [0.5, 0.6) is 0 Å². The summed E-state index contributed by atoms with van der Waals surface area (Å²) in [6.45, 7) is 0. The summed E-state index contributed by atoms with van der Waals surface area (Å²) < 4.78 is 6.22. The molecule has 1 nitrogen and oxygen atoms in total. The van der Waals surface area contributed by atoms with Gasteiger partial charge in [0.2, 0.25) is 0 Å². The average molecular weight is 332 g/mol. The summed E-state index contributed by atoms with van der Waals surface area (Å²) in [5, 5.41) is 2.36. The van der Waals surface area contributed by atoms with Gasteiger partial charge in [-0.2, -0.15) is 0 Å². The van der Waals surface area contributed by atoms with Crippen LogP contribution in [0, 0.1) is 0 Å².